The third-order valence-corrected chi connectivity index (χ3v) is 3.37. The summed E-state index contributed by atoms with van der Waals surface area (Å²) in [5.41, 5.74) is 0.0950. The highest BCUT2D eigenvalue weighted by Crippen LogP contribution is 2.30. The van der Waals surface area contributed by atoms with Crippen LogP contribution in [-0.4, -0.2) is 19.3 Å². The lowest BCUT2D eigenvalue weighted by atomic mass is 10.2. The molecule has 2 heterocycles. The predicted octanol–water partition coefficient (Wildman–Crippen LogP) is 2.45. The van der Waals surface area contributed by atoms with E-state index in [4.69, 9.17) is 0 Å². The van der Waals surface area contributed by atoms with Crippen LogP contribution < -0.4 is 5.56 Å². The maximum Gasteiger partial charge on any atom is 0.416 e. The van der Waals surface area contributed by atoms with Crippen molar-refractivity contribution in [1.82, 2.24) is 19.3 Å². The van der Waals surface area contributed by atoms with Crippen molar-refractivity contribution in [3.63, 3.8) is 0 Å². The van der Waals surface area contributed by atoms with Crippen molar-refractivity contribution in [1.29, 1.82) is 0 Å². The number of halogens is 3. The molecule has 5 nitrogen and oxygen atoms in total. The fraction of sp³-hybridized carbons (Fsp3) is 0.214. The number of alkyl halides is 3. The molecule has 2 aromatic heterocycles. The molecule has 8 heteroatoms. The first-order valence-electron chi connectivity index (χ1n) is 6.37. The normalized spacial score (nSPS) is 12.0. The van der Waals surface area contributed by atoms with Gasteiger partial charge < -0.3 is 0 Å². The second kappa shape index (κ2) is 4.69. The molecule has 0 aliphatic rings. The van der Waals surface area contributed by atoms with Crippen molar-refractivity contribution in [2.45, 2.75) is 13.1 Å². The predicted molar refractivity (Wildman–Crippen MR) is 73.8 cm³/mol. The molecule has 0 bridgehead atoms. The summed E-state index contributed by atoms with van der Waals surface area (Å²) < 4.78 is 40.8. The molecule has 0 spiro atoms. The van der Waals surface area contributed by atoms with Crippen LogP contribution in [0.5, 0.6) is 0 Å². The number of fused-ring (bicyclic) bond motifs is 1. The van der Waals surface area contributed by atoms with Crippen molar-refractivity contribution in [3.8, 4) is 5.69 Å². The number of nitrogens with zero attached hydrogens (tertiary/aromatic N) is 4. The number of aromatic nitrogens is 4. The molecule has 0 saturated heterocycles. The van der Waals surface area contributed by atoms with E-state index in [0.29, 0.717) is 11.2 Å². The first kappa shape index (κ1) is 14.3. The fourth-order valence-corrected chi connectivity index (χ4v) is 2.34. The van der Waals surface area contributed by atoms with Crippen molar-refractivity contribution in [2.75, 3.05) is 0 Å². The van der Waals surface area contributed by atoms with Gasteiger partial charge in [0.15, 0.2) is 5.52 Å². The Hall–Kier alpha value is -2.64. The number of rotatable bonds is 1. The lowest BCUT2D eigenvalue weighted by Gasteiger charge is -2.10. The molecule has 114 valence electrons. The van der Waals surface area contributed by atoms with Gasteiger partial charge in [-0.3, -0.25) is 14.0 Å². The molecular weight excluding hydrogens is 297 g/mol. The Morgan fingerprint density at radius 2 is 1.95 bits per heavy atom. The van der Waals surface area contributed by atoms with E-state index in [1.54, 1.807) is 14.0 Å². The van der Waals surface area contributed by atoms with Gasteiger partial charge in [0.1, 0.15) is 11.8 Å². The van der Waals surface area contributed by atoms with Crippen LogP contribution in [0.4, 0.5) is 13.2 Å². The zero-order valence-electron chi connectivity index (χ0n) is 11.7. The summed E-state index contributed by atoms with van der Waals surface area (Å²) in [4.78, 5) is 16.6. The SMILES string of the molecule is Cc1nn(C)c2c(=O)n(-c3cccc(C(F)(F)F)c3)cnc12. The molecular formula is C14H11F3N4O. The summed E-state index contributed by atoms with van der Waals surface area (Å²) >= 11 is 0. The second-order valence-corrected chi connectivity index (χ2v) is 4.87. The Morgan fingerprint density at radius 3 is 2.64 bits per heavy atom. The van der Waals surface area contributed by atoms with E-state index in [1.165, 1.54) is 23.1 Å². The first-order valence-corrected chi connectivity index (χ1v) is 6.37. The Kier molecular flexibility index (Phi) is 3.05. The quantitative estimate of drug-likeness (QED) is 0.694. The molecule has 0 unspecified atom stereocenters. The average Bonchev–Trinajstić information content (AvgIpc) is 2.74. The molecule has 0 saturated carbocycles. The van der Waals surface area contributed by atoms with Gasteiger partial charge in [-0.2, -0.15) is 18.3 Å². The van der Waals surface area contributed by atoms with Crippen LogP contribution in [0.15, 0.2) is 35.4 Å². The maximum absolute atomic E-state index is 12.8. The molecule has 1 aromatic carbocycles. The van der Waals surface area contributed by atoms with Crippen LogP contribution in [0.1, 0.15) is 11.3 Å². The van der Waals surface area contributed by atoms with Crippen molar-refractivity contribution in [2.24, 2.45) is 7.05 Å². The molecule has 3 aromatic rings. The molecule has 3 rings (SSSR count). The van der Waals surface area contributed by atoms with Gasteiger partial charge in [0, 0.05) is 7.05 Å². The molecule has 0 aliphatic heterocycles. The lowest BCUT2D eigenvalue weighted by molar-refractivity contribution is -0.137. The van der Waals surface area contributed by atoms with Gasteiger partial charge in [0.25, 0.3) is 5.56 Å². The summed E-state index contributed by atoms with van der Waals surface area (Å²) in [6.07, 6.45) is -3.25. The number of benzene rings is 1. The third kappa shape index (κ3) is 2.16. The number of hydrogen-bond acceptors (Lipinski definition) is 3. The van der Waals surface area contributed by atoms with E-state index in [2.05, 4.69) is 10.1 Å². The van der Waals surface area contributed by atoms with Crippen LogP contribution in [-0.2, 0) is 13.2 Å². The highest BCUT2D eigenvalue weighted by molar-refractivity contribution is 5.76. The summed E-state index contributed by atoms with van der Waals surface area (Å²) in [5, 5.41) is 4.10. The smallest absolute Gasteiger partial charge is 0.266 e. The average molecular weight is 308 g/mol. The zero-order chi connectivity index (χ0) is 16.1. The molecule has 0 aliphatic carbocycles. The largest absolute Gasteiger partial charge is 0.416 e. The van der Waals surface area contributed by atoms with E-state index >= 15 is 0 Å². The molecule has 0 radical (unpaired) electrons. The molecule has 0 atom stereocenters. The highest BCUT2D eigenvalue weighted by Gasteiger charge is 2.30. The van der Waals surface area contributed by atoms with Crippen LogP contribution in [0.3, 0.4) is 0 Å². The van der Waals surface area contributed by atoms with Gasteiger partial charge in [-0.15, -0.1) is 0 Å². The molecule has 0 fully saturated rings. The van der Waals surface area contributed by atoms with E-state index < -0.39 is 17.3 Å². The lowest BCUT2D eigenvalue weighted by Crippen LogP contribution is -2.21. The van der Waals surface area contributed by atoms with Gasteiger partial charge in [-0.25, -0.2) is 4.98 Å². The maximum atomic E-state index is 12.8. The topological polar surface area (TPSA) is 52.7 Å². The Balaban J connectivity index is 2.26. The minimum atomic E-state index is -4.47. The van der Waals surface area contributed by atoms with Crippen molar-refractivity contribution in [3.05, 3.63) is 52.2 Å². The fourth-order valence-electron chi connectivity index (χ4n) is 2.34. The minimum absolute atomic E-state index is 0.105. The second-order valence-electron chi connectivity index (χ2n) is 4.87. The Bertz CT molecular complexity index is 924. The van der Waals surface area contributed by atoms with E-state index in [9.17, 15) is 18.0 Å². The van der Waals surface area contributed by atoms with Gasteiger partial charge in [0.05, 0.1) is 16.9 Å². The summed E-state index contributed by atoms with van der Waals surface area (Å²) in [6.45, 7) is 1.71. The van der Waals surface area contributed by atoms with E-state index in [1.807, 2.05) is 0 Å². The summed E-state index contributed by atoms with van der Waals surface area (Å²) in [7, 11) is 1.59. The number of aryl methyl sites for hydroxylation is 2. The van der Waals surface area contributed by atoms with Gasteiger partial charge >= 0.3 is 6.18 Å². The van der Waals surface area contributed by atoms with Crippen LogP contribution in [0.25, 0.3) is 16.7 Å². The van der Waals surface area contributed by atoms with Crippen LogP contribution >= 0.6 is 0 Å². The molecule has 22 heavy (non-hydrogen) atoms. The Morgan fingerprint density at radius 1 is 1.23 bits per heavy atom. The zero-order valence-corrected chi connectivity index (χ0v) is 11.7. The molecule has 0 N–H and O–H groups in total. The van der Waals surface area contributed by atoms with E-state index in [-0.39, 0.29) is 11.2 Å². The van der Waals surface area contributed by atoms with Gasteiger partial charge in [-0.1, -0.05) is 6.07 Å². The van der Waals surface area contributed by atoms with Crippen molar-refractivity contribution >= 4 is 11.0 Å². The van der Waals surface area contributed by atoms with Crippen LogP contribution in [0, 0.1) is 6.92 Å². The van der Waals surface area contributed by atoms with Gasteiger partial charge in [-0.05, 0) is 25.1 Å². The summed E-state index contributed by atoms with van der Waals surface area (Å²) in [5.74, 6) is 0. The standard InChI is InChI=1S/C14H11F3N4O/c1-8-11-12(20(2)19-8)13(22)21(7-18-11)10-5-3-4-9(6-10)14(15,16)17/h3-7H,1-2H3. The van der Waals surface area contributed by atoms with Gasteiger partial charge in [0.2, 0.25) is 0 Å². The number of hydrogen-bond donors (Lipinski definition) is 0. The van der Waals surface area contributed by atoms with Crippen molar-refractivity contribution < 1.29 is 13.2 Å². The monoisotopic (exact) mass is 308 g/mol. The van der Waals surface area contributed by atoms with E-state index in [0.717, 1.165) is 16.7 Å². The summed E-state index contributed by atoms with van der Waals surface area (Å²) in [6, 6.07) is 4.55. The molecule has 0 amide bonds. The first-order chi connectivity index (χ1) is 10.3. The minimum Gasteiger partial charge on any atom is -0.266 e. The third-order valence-electron chi connectivity index (χ3n) is 3.37. The van der Waals surface area contributed by atoms with Crippen LogP contribution in [0.2, 0.25) is 0 Å². The Labute approximate surface area is 122 Å². The highest BCUT2D eigenvalue weighted by atomic mass is 19.4.